The Kier molecular flexibility index (Phi) is 11.7. The molecule has 1 heterocycles. The van der Waals surface area contributed by atoms with Crippen LogP contribution in [0.3, 0.4) is 0 Å². The van der Waals surface area contributed by atoms with E-state index in [1.807, 2.05) is 48.5 Å². The molecule has 9 heteroatoms. The third-order valence-corrected chi connectivity index (χ3v) is 7.40. The SMILES string of the molecule is CCSCCNC(=O)[C@H](CCC(C)(C)F)C[C@H](O)[C@H](Cc1ccccc1)NC(=O)c1cnc2ccccc2n1. The summed E-state index contributed by atoms with van der Waals surface area (Å²) in [6.45, 7) is 5.53. The van der Waals surface area contributed by atoms with Gasteiger partial charge in [0, 0.05) is 18.2 Å². The van der Waals surface area contributed by atoms with Gasteiger partial charge < -0.3 is 15.7 Å². The zero-order valence-corrected chi connectivity index (χ0v) is 23.7. The lowest BCUT2D eigenvalue weighted by atomic mass is 9.87. The standard InChI is InChI=1S/C30H39FN4O3S/c1-4-39-17-16-32-28(37)22(14-15-30(2,3)31)19-27(36)25(18-21-10-6-5-7-11-21)35-29(38)26-20-33-23-12-8-9-13-24(23)34-26/h5-13,20,22,25,27,36H,4,14-19H2,1-3H3,(H,32,37)(H,35,38)/t22-,25+,27+/m1/s1. The molecule has 0 aliphatic heterocycles. The van der Waals surface area contributed by atoms with E-state index in [0.717, 1.165) is 17.1 Å². The summed E-state index contributed by atoms with van der Waals surface area (Å²) in [4.78, 5) is 35.0. The van der Waals surface area contributed by atoms with Crippen molar-refractivity contribution in [2.24, 2.45) is 5.92 Å². The Morgan fingerprint density at radius 2 is 1.77 bits per heavy atom. The van der Waals surface area contributed by atoms with Crippen molar-refractivity contribution in [1.82, 2.24) is 20.6 Å². The lowest BCUT2D eigenvalue weighted by molar-refractivity contribution is -0.126. The number of alkyl halides is 1. The van der Waals surface area contributed by atoms with E-state index in [4.69, 9.17) is 0 Å². The van der Waals surface area contributed by atoms with Crippen molar-refractivity contribution in [1.29, 1.82) is 0 Å². The summed E-state index contributed by atoms with van der Waals surface area (Å²) in [5.41, 5.74) is 0.900. The van der Waals surface area contributed by atoms with Crippen LogP contribution in [0.15, 0.2) is 60.8 Å². The van der Waals surface area contributed by atoms with Crippen LogP contribution >= 0.6 is 11.8 Å². The average Bonchev–Trinajstić information content (AvgIpc) is 2.92. The first-order chi connectivity index (χ1) is 18.7. The summed E-state index contributed by atoms with van der Waals surface area (Å²) >= 11 is 1.72. The molecule has 0 saturated heterocycles. The summed E-state index contributed by atoms with van der Waals surface area (Å²) in [6, 6.07) is 16.1. The van der Waals surface area contributed by atoms with E-state index in [-0.39, 0.29) is 30.9 Å². The summed E-state index contributed by atoms with van der Waals surface area (Å²) in [5.74, 6) is 0.468. The van der Waals surface area contributed by atoms with Crippen LogP contribution in [0, 0.1) is 5.92 Å². The Bertz CT molecular complexity index is 1210. The minimum atomic E-state index is -1.44. The molecule has 0 aliphatic carbocycles. The molecule has 0 bridgehead atoms. The molecular formula is C30H39FN4O3S. The van der Waals surface area contributed by atoms with Crippen molar-refractivity contribution < 1.29 is 19.1 Å². The first kappa shape index (κ1) is 30.5. The van der Waals surface area contributed by atoms with Crippen molar-refractivity contribution in [3.8, 4) is 0 Å². The zero-order chi connectivity index (χ0) is 28.3. The number of aliphatic hydroxyl groups excluding tert-OH is 1. The second-order valence-corrected chi connectivity index (χ2v) is 11.7. The lowest BCUT2D eigenvalue weighted by Gasteiger charge is -2.28. The van der Waals surface area contributed by atoms with Gasteiger partial charge in [-0.25, -0.2) is 9.37 Å². The number of rotatable bonds is 15. The first-order valence-electron chi connectivity index (χ1n) is 13.4. The molecule has 39 heavy (non-hydrogen) atoms. The Morgan fingerprint density at radius 3 is 2.46 bits per heavy atom. The molecular weight excluding hydrogens is 515 g/mol. The zero-order valence-electron chi connectivity index (χ0n) is 22.9. The van der Waals surface area contributed by atoms with E-state index in [2.05, 4.69) is 27.5 Å². The van der Waals surface area contributed by atoms with Gasteiger partial charge in [0.15, 0.2) is 0 Å². The summed E-state index contributed by atoms with van der Waals surface area (Å²) in [5, 5.41) is 17.2. The van der Waals surface area contributed by atoms with Crippen molar-refractivity contribution in [2.45, 2.75) is 64.3 Å². The van der Waals surface area contributed by atoms with Gasteiger partial charge in [-0.3, -0.25) is 14.6 Å². The van der Waals surface area contributed by atoms with Crippen LogP contribution in [-0.4, -0.2) is 62.8 Å². The predicted octanol–water partition coefficient (Wildman–Crippen LogP) is 4.74. The van der Waals surface area contributed by atoms with Crippen LogP contribution < -0.4 is 10.6 Å². The van der Waals surface area contributed by atoms with Gasteiger partial charge in [-0.05, 0) is 63.0 Å². The lowest BCUT2D eigenvalue weighted by Crippen LogP contribution is -2.47. The minimum Gasteiger partial charge on any atom is -0.391 e. The van der Waals surface area contributed by atoms with Crippen LogP contribution in [0.2, 0.25) is 0 Å². The fourth-order valence-corrected chi connectivity index (χ4v) is 4.86. The predicted molar refractivity (Wildman–Crippen MR) is 155 cm³/mol. The number of aromatic nitrogens is 2. The molecule has 2 amide bonds. The second-order valence-electron chi connectivity index (χ2n) is 10.3. The third-order valence-electron chi connectivity index (χ3n) is 6.49. The number of benzene rings is 2. The number of carbonyl (C=O) groups is 2. The quantitative estimate of drug-likeness (QED) is 0.235. The number of carbonyl (C=O) groups excluding carboxylic acids is 2. The molecule has 210 valence electrons. The van der Waals surface area contributed by atoms with E-state index in [9.17, 15) is 19.1 Å². The van der Waals surface area contributed by atoms with E-state index in [0.29, 0.717) is 24.0 Å². The minimum absolute atomic E-state index is 0.0873. The number of nitrogens with zero attached hydrogens (tertiary/aromatic N) is 2. The van der Waals surface area contributed by atoms with Gasteiger partial charge >= 0.3 is 0 Å². The monoisotopic (exact) mass is 554 g/mol. The van der Waals surface area contributed by atoms with Crippen molar-refractivity contribution >= 4 is 34.6 Å². The Morgan fingerprint density at radius 1 is 1.08 bits per heavy atom. The first-order valence-corrected chi connectivity index (χ1v) is 14.6. The smallest absolute Gasteiger partial charge is 0.271 e. The normalized spacial score (nSPS) is 14.0. The highest BCUT2D eigenvalue weighted by molar-refractivity contribution is 7.99. The van der Waals surface area contributed by atoms with Crippen molar-refractivity contribution in [2.75, 3.05) is 18.1 Å². The molecule has 3 atom stereocenters. The average molecular weight is 555 g/mol. The van der Waals surface area contributed by atoms with E-state index >= 15 is 0 Å². The van der Waals surface area contributed by atoms with Crippen LogP contribution in [0.5, 0.6) is 0 Å². The number of thioether (sulfide) groups is 1. The van der Waals surface area contributed by atoms with E-state index in [1.54, 1.807) is 17.8 Å². The Balaban J connectivity index is 1.78. The van der Waals surface area contributed by atoms with Crippen LogP contribution in [0.1, 0.15) is 56.1 Å². The third kappa shape index (κ3) is 10.2. The number of hydrogen-bond donors (Lipinski definition) is 3. The number of fused-ring (bicyclic) bond motifs is 1. The largest absolute Gasteiger partial charge is 0.391 e. The summed E-state index contributed by atoms with van der Waals surface area (Å²) in [6.07, 6.45) is 1.28. The maximum atomic E-state index is 14.4. The van der Waals surface area contributed by atoms with Crippen molar-refractivity contribution in [3.05, 3.63) is 72.1 Å². The van der Waals surface area contributed by atoms with E-state index < -0.39 is 29.6 Å². The second kappa shape index (κ2) is 14.9. The van der Waals surface area contributed by atoms with Crippen LogP contribution in [0.4, 0.5) is 4.39 Å². The maximum Gasteiger partial charge on any atom is 0.271 e. The molecule has 3 aromatic rings. The van der Waals surface area contributed by atoms with Gasteiger partial charge in [-0.2, -0.15) is 11.8 Å². The summed E-state index contributed by atoms with van der Waals surface area (Å²) in [7, 11) is 0. The van der Waals surface area contributed by atoms with E-state index in [1.165, 1.54) is 20.0 Å². The fraction of sp³-hybridized carbons (Fsp3) is 0.467. The molecule has 0 unspecified atom stereocenters. The van der Waals surface area contributed by atoms with Crippen LogP contribution in [-0.2, 0) is 11.2 Å². The van der Waals surface area contributed by atoms with Gasteiger partial charge in [-0.1, -0.05) is 49.4 Å². The van der Waals surface area contributed by atoms with Crippen molar-refractivity contribution in [3.63, 3.8) is 0 Å². The molecule has 0 aliphatic rings. The van der Waals surface area contributed by atoms with Gasteiger partial charge in [0.1, 0.15) is 11.4 Å². The fourth-order valence-electron chi connectivity index (χ4n) is 4.32. The number of para-hydroxylation sites is 2. The van der Waals surface area contributed by atoms with Crippen LogP contribution in [0.25, 0.3) is 11.0 Å². The number of halogens is 1. The Hall–Kier alpha value is -3.04. The summed E-state index contributed by atoms with van der Waals surface area (Å²) < 4.78 is 14.4. The van der Waals surface area contributed by atoms with Gasteiger partial charge in [0.25, 0.3) is 5.91 Å². The number of amides is 2. The number of aliphatic hydroxyl groups is 1. The highest BCUT2D eigenvalue weighted by Crippen LogP contribution is 2.24. The highest BCUT2D eigenvalue weighted by atomic mass is 32.2. The molecule has 3 rings (SSSR count). The molecule has 7 nitrogen and oxygen atoms in total. The van der Waals surface area contributed by atoms with Gasteiger partial charge in [0.05, 0.1) is 29.4 Å². The molecule has 1 aromatic heterocycles. The molecule has 2 aromatic carbocycles. The Labute approximate surface area is 234 Å². The van der Waals surface area contributed by atoms with Gasteiger partial charge in [0.2, 0.25) is 5.91 Å². The molecule has 3 N–H and O–H groups in total. The topological polar surface area (TPSA) is 104 Å². The number of nitrogens with one attached hydrogen (secondary N) is 2. The molecule has 0 saturated carbocycles. The van der Waals surface area contributed by atoms with Gasteiger partial charge in [-0.15, -0.1) is 0 Å². The molecule has 0 radical (unpaired) electrons. The highest BCUT2D eigenvalue weighted by Gasteiger charge is 2.30. The maximum absolute atomic E-state index is 14.4. The molecule has 0 spiro atoms. The number of hydrogen-bond acceptors (Lipinski definition) is 6. The molecule has 0 fully saturated rings.